The molecule has 0 aliphatic carbocycles. The molecule has 0 saturated carbocycles. The van der Waals surface area contributed by atoms with Gasteiger partial charge in [0, 0.05) is 0 Å². The highest BCUT2D eigenvalue weighted by Gasteiger charge is 1.52. The lowest BCUT2D eigenvalue weighted by Crippen LogP contribution is -1.45. The number of halogens is 1. The van der Waals surface area contributed by atoms with Gasteiger partial charge in [0.1, 0.15) is 0 Å². The Bertz CT molecular complexity index is 49.6. The summed E-state index contributed by atoms with van der Waals surface area (Å²) >= 11 is 2.23. The molecule has 3 heteroatoms. The molecule has 0 rings (SSSR count). The predicted octanol–water partition coefficient (Wildman–Crippen LogP) is 1.64. The van der Waals surface area contributed by atoms with Crippen LogP contribution in [-0.4, -0.2) is 7.53 Å². The van der Waals surface area contributed by atoms with E-state index >= 15 is 0 Å². The Morgan fingerprint density at radius 2 is 2.75 bits per heavy atom. The smallest absolute Gasteiger partial charge is 0.0999 e. The maximum Gasteiger partial charge on any atom is 0.0999 e. The van der Waals surface area contributed by atoms with Gasteiger partial charge in [-0.3, -0.25) is 0 Å². The molecule has 1 atom stereocenters. The number of hydrogen-bond donors (Lipinski definition) is 0. The lowest BCUT2D eigenvalue weighted by Gasteiger charge is -1.65. The second-order valence-corrected chi connectivity index (χ2v) is 8.91. The quantitative estimate of drug-likeness (QED) is 0.419. The van der Waals surface area contributed by atoms with Crippen molar-refractivity contribution in [3.63, 3.8) is 0 Å². The average Bonchev–Trinajstić information content (AvgIpc) is 1.38. The van der Waals surface area contributed by atoms with Gasteiger partial charge in [0.25, 0.3) is 0 Å². The zero-order valence-electron chi connectivity index (χ0n) is 3.23. The standard InChI is InChI=1S/CH4IPS/c1-4(2)3/h3H,1H3/i3T. The fourth-order valence-corrected chi connectivity index (χ4v) is 0. The molecule has 0 bridgehead atoms. The van der Waals surface area contributed by atoms with E-state index < -0.39 is 0 Å². The van der Waals surface area contributed by atoms with Crippen molar-refractivity contribution < 1.29 is 0 Å². The fourth-order valence-electron chi connectivity index (χ4n) is 0. The summed E-state index contributed by atoms with van der Waals surface area (Å²) in [6, 6.07) is 0. The minimum atomic E-state index is 0.286. The average molecular weight is 208 g/mol. The lowest BCUT2D eigenvalue weighted by atomic mass is 12.0. The van der Waals surface area contributed by atoms with Crippen LogP contribution in [0.25, 0.3) is 0 Å². The van der Waals surface area contributed by atoms with Crippen LogP contribution >= 0.6 is 29.2 Å². The number of hydrogen-bond acceptors (Lipinski definition) is 0. The van der Waals surface area contributed by atoms with E-state index in [4.69, 9.17) is 1.28 Å². The van der Waals surface area contributed by atoms with Crippen LogP contribution in [0, 0.1) is 0 Å². The summed E-state index contributed by atoms with van der Waals surface area (Å²) in [4.78, 5) is 0. The van der Waals surface area contributed by atoms with Gasteiger partial charge in [0.2, 0.25) is 0 Å². The van der Waals surface area contributed by atoms with E-state index in [1.807, 2.05) is 6.26 Å². The van der Waals surface area contributed by atoms with E-state index in [-0.39, 0.29) is 7.24 Å². The molecular weight excluding hydrogens is 202 g/mol. The second kappa shape index (κ2) is 2.61. The van der Waals surface area contributed by atoms with Crippen molar-refractivity contribution in [3.8, 4) is 0 Å². The van der Waals surface area contributed by atoms with Gasteiger partial charge < -0.3 is 0 Å². The van der Waals surface area contributed by atoms with Gasteiger partial charge in [-0.1, -0.05) is 7.96 Å². The van der Waals surface area contributed by atoms with E-state index in [1.165, 1.54) is 0 Å². The molecule has 0 aromatic rings. The van der Waals surface area contributed by atoms with Crippen molar-refractivity contribution in [2.75, 3.05) is 6.26 Å². The largest absolute Gasteiger partial charge is 0.106 e. The van der Waals surface area contributed by atoms with Gasteiger partial charge in [-0.15, -0.1) is 7.24 Å². The van der Waals surface area contributed by atoms with Crippen molar-refractivity contribution >= 4 is 36.4 Å². The van der Waals surface area contributed by atoms with Crippen molar-refractivity contribution in [1.82, 2.24) is 0 Å². The van der Waals surface area contributed by atoms with Crippen molar-refractivity contribution in [2.24, 2.45) is 0 Å². The first-order valence-electron chi connectivity index (χ1n) is 1.19. The molecule has 0 heterocycles. The summed E-state index contributed by atoms with van der Waals surface area (Å²) in [5, 5.41) is 0. The minimum Gasteiger partial charge on any atom is -0.106 e. The minimum absolute atomic E-state index is 0.286. The summed E-state index contributed by atoms with van der Waals surface area (Å²) in [5.74, 6) is 0. The topological polar surface area (TPSA) is 0 Å². The summed E-state index contributed by atoms with van der Waals surface area (Å²) in [5.41, 5.74) is 0. The molecular formula is CH4IPS. The van der Waals surface area contributed by atoms with Crippen LogP contribution in [-0.2, 0) is 7.24 Å². The van der Waals surface area contributed by atoms with E-state index in [0.29, 0.717) is 0 Å². The molecule has 0 fully saturated rings. The van der Waals surface area contributed by atoms with E-state index in [2.05, 4.69) is 21.2 Å². The van der Waals surface area contributed by atoms with Gasteiger partial charge in [-0.2, -0.15) is 0 Å². The first-order chi connectivity index (χ1) is 2.27. The monoisotopic (exact) mass is 208 g/mol. The van der Waals surface area contributed by atoms with Crippen LogP contribution in [0.5, 0.6) is 0 Å². The van der Waals surface area contributed by atoms with Crippen LogP contribution in [0.4, 0.5) is 0 Å². The maximum absolute atomic E-state index is 6.63. The van der Waals surface area contributed by atoms with Gasteiger partial charge >= 0.3 is 0 Å². The molecule has 0 aliphatic rings. The summed E-state index contributed by atoms with van der Waals surface area (Å²) < 4.78 is 6.63. The second-order valence-electron chi connectivity index (χ2n) is 0.406. The first kappa shape index (κ1) is 3.57. The molecule has 0 nitrogen and oxygen atoms in total. The molecule has 1 unspecified atom stereocenters. The highest BCUT2D eigenvalue weighted by atomic mass is 127. The number of rotatable bonds is 0. The van der Waals surface area contributed by atoms with Crippen LogP contribution < -0.4 is 0 Å². The van der Waals surface area contributed by atoms with Gasteiger partial charge in [0.15, 0.2) is 0 Å². The summed E-state index contributed by atoms with van der Waals surface area (Å²) in [6.07, 6.45) is 2.04. The molecule has 0 aliphatic heterocycles. The van der Waals surface area contributed by atoms with Crippen molar-refractivity contribution in [1.29, 1.82) is 1.28 Å². The zero-order valence-corrected chi connectivity index (χ0v) is 6.10. The highest BCUT2D eigenvalue weighted by Crippen LogP contribution is 1.92. The third-order valence-electron chi connectivity index (χ3n) is 0. The lowest BCUT2D eigenvalue weighted by molar-refractivity contribution is 2.54. The Hall–Kier alpha value is 1.38. The van der Waals surface area contributed by atoms with Crippen LogP contribution in [0.3, 0.4) is 0 Å². The van der Waals surface area contributed by atoms with Gasteiger partial charge in [-0.05, 0) is 27.5 Å². The Morgan fingerprint density at radius 1 is 2.50 bits per heavy atom. The molecule has 26 valence electrons. The molecule has 4 heavy (non-hydrogen) atoms. The van der Waals surface area contributed by atoms with Crippen LogP contribution in [0.1, 0.15) is 0 Å². The molecule has 0 spiro atoms. The fraction of sp³-hybridized carbons (Fsp3) is 1.00. The maximum atomic E-state index is 6.63. The molecule has 0 radical (unpaired) electrons. The van der Waals surface area contributed by atoms with Crippen LogP contribution in [0.15, 0.2) is 0 Å². The van der Waals surface area contributed by atoms with E-state index in [0.717, 1.165) is 7.96 Å². The van der Waals surface area contributed by atoms with Crippen molar-refractivity contribution in [2.45, 2.75) is 0 Å². The van der Waals surface area contributed by atoms with Crippen LogP contribution in [0.2, 0.25) is 0 Å². The highest BCUT2D eigenvalue weighted by molar-refractivity contribution is 14.2. The zero-order chi connectivity index (χ0) is 4.28. The van der Waals surface area contributed by atoms with Gasteiger partial charge in [-0.25, -0.2) is 0 Å². The SMILES string of the molecule is [3H]P=S(C)I. The summed E-state index contributed by atoms with van der Waals surface area (Å²) in [7, 11) is 1.05. The van der Waals surface area contributed by atoms with E-state index in [1.54, 1.807) is 0 Å². The third-order valence-corrected chi connectivity index (χ3v) is 0. The molecule has 0 aromatic heterocycles. The molecule has 0 amide bonds. The molecule has 0 N–H and O–H groups in total. The third kappa shape index (κ3) is 10.1. The Morgan fingerprint density at radius 3 is 2.75 bits per heavy atom. The predicted molar refractivity (Wildman–Crippen MR) is 35.6 cm³/mol. The summed E-state index contributed by atoms with van der Waals surface area (Å²) in [6.45, 7) is 0. The Labute approximate surface area is 44.0 Å². The normalized spacial score (nSPS) is 20.0. The van der Waals surface area contributed by atoms with E-state index in [9.17, 15) is 0 Å². The Kier molecular flexibility index (Phi) is 2.33. The van der Waals surface area contributed by atoms with Gasteiger partial charge in [0.05, 0.1) is 1.28 Å². The first-order valence-corrected chi connectivity index (χ1v) is 5.97. The molecule has 0 aromatic carbocycles. The van der Waals surface area contributed by atoms with Crippen molar-refractivity contribution in [3.05, 3.63) is 0 Å². The molecule has 0 saturated heterocycles. The Balaban J connectivity index is 3.14.